The maximum Gasteiger partial charge on any atom is 0.159 e. The number of benzene rings is 1. The molecule has 0 fully saturated rings. The number of rotatable bonds is 10. The van der Waals surface area contributed by atoms with Crippen LogP contribution in [0.2, 0.25) is 0 Å². The number of hydrogen-bond donors (Lipinski definition) is 0. The molecule has 4 nitrogen and oxygen atoms in total. The topological polar surface area (TPSA) is 44.2 Å². The van der Waals surface area contributed by atoms with E-state index in [1.54, 1.807) is 19.5 Å². The highest BCUT2D eigenvalue weighted by Gasteiger charge is 2.05. The van der Waals surface area contributed by atoms with Gasteiger partial charge in [0.25, 0.3) is 0 Å². The van der Waals surface area contributed by atoms with Crippen LogP contribution in [0.4, 0.5) is 0 Å². The van der Waals surface area contributed by atoms with Gasteiger partial charge in [0.2, 0.25) is 0 Å². The standard InChI is InChI=1S/C20H28N2O2/c1-4-5-6-7-8-16(2)15-24-18-11-9-17(10-12-18)20-21-13-19(23-3)14-22-20/h9-14,16H,4-8,15H2,1-3H3/t16-/m1/s1. The fourth-order valence-corrected chi connectivity index (χ4v) is 2.51. The number of aromatic nitrogens is 2. The van der Waals surface area contributed by atoms with Crippen molar-refractivity contribution in [2.24, 2.45) is 5.92 Å². The van der Waals surface area contributed by atoms with E-state index in [1.165, 1.54) is 32.1 Å². The molecular weight excluding hydrogens is 300 g/mol. The van der Waals surface area contributed by atoms with Crippen molar-refractivity contribution in [1.82, 2.24) is 9.97 Å². The molecule has 2 rings (SSSR count). The lowest BCUT2D eigenvalue weighted by Gasteiger charge is -2.13. The van der Waals surface area contributed by atoms with Crippen molar-refractivity contribution in [3.8, 4) is 22.9 Å². The summed E-state index contributed by atoms with van der Waals surface area (Å²) in [5.41, 5.74) is 0.970. The number of methoxy groups -OCH3 is 1. The maximum atomic E-state index is 5.89. The fourth-order valence-electron chi connectivity index (χ4n) is 2.51. The first-order chi connectivity index (χ1) is 11.7. The summed E-state index contributed by atoms with van der Waals surface area (Å²) in [5.74, 6) is 2.83. The molecule has 2 aromatic rings. The zero-order valence-electron chi connectivity index (χ0n) is 15.0. The first kappa shape index (κ1) is 18.2. The zero-order valence-corrected chi connectivity index (χ0v) is 15.0. The summed E-state index contributed by atoms with van der Waals surface area (Å²) in [4.78, 5) is 8.59. The number of ether oxygens (including phenoxy) is 2. The Morgan fingerprint density at radius 2 is 1.67 bits per heavy atom. The first-order valence-corrected chi connectivity index (χ1v) is 8.82. The van der Waals surface area contributed by atoms with Crippen molar-refractivity contribution in [1.29, 1.82) is 0 Å². The molecule has 24 heavy (non-hydrogen) atoms. The van der Waals surface area contributed by atoms with Gasteiger partial charge in [0.15, 0.2) is 11.6 Å². The van der Waals surface area contributed by atoms with Gasteiger partial charge in [-0.25, -0.2) is 9.97 Å². The molecular formula is C20H28N2O2. The van der Waals surface area contributed by atoms with Gasteiger partial charge in [0, 0.05) is 5.56 Å². The van der Waals surface area contributed by atoms with E-state index in [4.69, 9.17) is 9.47 Å². The molecule has 0 aliphatic rings. The Hall–Kier alpha value is -2.10. The largest absolute Gasteiger partial charge is 0.494 e. The molecule has 0 saturated carbocycles. The highest BCUT2D eigenvalue weighted by molar-refractivity contribution is 5.56. The molecule has 0 amide bonds. The van der Waals surface area contributed by atoms with E-state index in [1.807, 2.05) is 24.3 Å². The average molecular weight is 328 g/mol. The molecule has 0 radical (unpaired) electrons. The van der Waals surface area contributed by atoms with Crippen molar-refractivity contribution >= 4 is 0 Å². The summed E-state index contributed by atoms with van der Waals surface area (Å²) in [5, 5.41) is 0. The molecule has 0 aliphatic heterocycles. The van der Waals surface area contributed by atoms with Gasteiger partial charge in [0.1, 0.15) is 5.75 Å². The molecule has 4 heteroatoms. The van der Waals surface area contributed by atoms with Crippen molar-refractivity contribution in [3.05, 3.63) is 36.7 Å². The summed E-state index contributed by atoms with van der Waals surface area (Å²) in [6.45, 7) is 5.27. The minimum Gasteiger partial charge on any atom is -0.494 e. The van der Waals surface area contributed by atoms with E-state index in [0.29, 0.717) is 17.5 Å². The lowest BCUT2D eigenvalue weighted by atomic mass is 10.0. The Kier molecular flexibility index (Phi) is 7.53. The van der Waals surface area contributed by atoms with Gasteiger partial charge < -0.3 is 9.47 Å². The third kappa shape index (κ3) is 5.84. The third-order valence-electron chi connectivity index (χ3n) is 4.06. The zero-order chi connectivity index (χ0) is 17.2. The van der Waals surface area contributed by atoms with Gasteiger partial charge in [-0.05, 0) is 36.6 Å². The van der Waals surface area contributed by atoms with E-state index in [0.717, 1.165) is 17.9 Å². The molecule has 0 unspecified atom stereocenters. The molecule has 0 spiro atoms. The Bertz CT molecular complexity index is 582. The van der Waals surface area contributed by atoms with Crippen molar-refractivity contribution < 1.29 is 9.47 Å². The monoisotopic (exact) mass is 328 g/mol. The predicted octanol–water partition coefficient (Wildman–Crippen LogP) is 5.14. The van der Waals surface area contributed by atoms with Crippen molar-refractivity contribution in [2.45, 2.75) is 46.0 Å². The van der Waals surface area contributed by atoms with E-state index >= 15 is 0 Å². The van der Waals surface area contributed by atoms with Gasteiger partial charge in [0.05, 0.1) is 26.1 Å². The van der Waals surface area contributed by atoms with Crippen LogP contribution in [0, 0.1) is 5.92 Å². The minimum atomic E-state index is 0.589. The van der Waals surface area contributed by atoms with Crippen LogP contribution in [0.25, 0.3) is 11.4 Å². The van der Waals surface area contributed by atoms with Gasteiger partial charge >= 0.3 is 0 Å². The summed E-state index contributed by atoms with van der Waals surface area (Å²) in [7, 11) is 1.61. The third-order valence-corrected chi connectivity index (χ3v) is 4.06. The Balaban J connectivity index is 1.81. The highest BCUT2D eigenvalue weighted by Crippen LogP contribution is 2.21. The van der Waals surface area contributed by atoms with Crippen LogP contribution in [0.3, 0.4) is 0 Å². The van der Waals surface area contributed by atoms with E-state index in [2.05, 4.69) is 23.8 Å². The fraction of sp³-hybridized carbons (Fsp3) is 0.500. The Morgan fingerprint density at radius 3 is 2.29 bits per heavy atom. The van der Waals surface area contributed by atoms with Gasteiger partial charge in [-0.2, -0.15) is 0 Å². The second kappa shape index (κ2) is 9.91. The molecule has 0 aliphatic carbocycles. The van der Waals surface area contributed by atoms with Crippen LogP contribution in [-0.2, 0) is 0 Å². The van der Waals surface area contributed by atoms with Crippen LogP contribution in [0.1, 0.15) is 46.0 Å². The second-order valence-electron chi connectivity index (χ2n) is 6.24. The lowest BCUT2D eigenvalue weighted by Crippen LogP contribution is -2.08. The normalized spacial score (nSPS) is 12.0. The predicted molar refractivity (Wildman–Crippen MR) is 97.4 cm³/mol. The quantitative estimate of drug-likeness (QED) is 0.567. The minimum absolute atomic E-state index is 0.589. The lowest BCUT2D eigenvalue weighted by molar-refractivity contribution is 0.249. The Morgan fingerprint density at radius 1 is 0.958 bits per heavy atom. The van der Waals surface area contributed by atoms with Crippen molar-refractivity contribution in [3.63, 3.8) is 0 Å². The molecule has 0 bridgehead atoms. The molecule has 0 saturated heterocycles. The molecule has 130 valence electrons. The highest BCUT2D eigenvalue weighted by atomic mass is 16.5. The van der Waals surface area contributed by atoms with Gasteiger partial charge in [-0.1, -0.05) is 39.5 Å². The van der Waals surface area contributed by atoms with Crippen LogP contribution in [0.5, 0.6) is 11.5 Å². The van der Waals surface area contributed by atoms with E-state index in [-0.39, 0.29) is 0 Å². The average Bonchev–Trinajstić information content (AvgIpc) is 2.64. The van der Waals surface area contributed by atoms with Crippen LogP contribution in [0.15, 0.2) is 36.7 Å². The summed E-state index contributed by atoms with van der Waals surface area (Å²) in [6.07, 6.45) is 9.83. The molecule has 1 atom stereocenters. The number of nitrogens with zero attached hydrogens (tertiary/aromatic N) is 2. The first-order valence-electron chi connectivity index (χ1n) is 8.82. The molecule has 1 aromatic carbocycles. The van der Waals surface area contributed by atoms with Crippen molar-refractivity contribution in [2.75, 3.05) is 13.7 Å². The summed E-state index contributed by atoms with van der Waals surface area (Å²) in [6, 6.07) is 7.94. The number of unbranched alkanes of at least 4 members (excludes halogenated alkanes) is 3. The Labute approximate surface area is 145 Å². The molecule has 1 aromatic heterocycles. The van der Waals surface area contributed by atoms with Crippen LogP contribution in [-0.4, -0.2) is 23.7 Å². The maximum absolute atomic E-state index is 5.89. The summed E-state index contributed by atoms with van der Waals surface area (Å²) < 4.78 is 11.0. The van der Waals surface area contributed by atoms with E-state index in [9.17, 15) is 0 Å². The SMILES string of the molecule is CCCCCC[C@@H](C)COc1ccc(-c2ncc(OC)cn2)cc1. The number of hydrogen-bond acceptors (Lipinski definition) is 4. The smallest absolute Gasteiger partial charge is 0.159 e. The summed E-state index contributed by atoms with van der Waals surface area (Å²) >= 11 is 0. The van der Waals surface area contributed by atoms with Gasteiger partial charge in [-0.3, -0.25) is 0 Å². The molecule has 1 heterocycles. The van der Waals surface area contributed by atoms with Crippen LogP contribution < -0.4 is 9.47 Å². The van der Waals surface area contributed by atoms with Gasteiger partial charge in [-0.15, -0.1) is 0 Å². The van der Waals surface area contributed by atoms with E-state index < -0.39 is 0 Å². The molecule has 0 N–H and O–H groups in total. The second-order valence-corrected chi connectivity index (χ2v) is 6.24. The van der Waals surface area contributed by atoms with Crippen LogP contribution >= 0.6 is 0 Å².